The Labute approximate surface area is 138 Å². The van der Waals surface area contributed by atoms with E-state index in [9.17, 15) is 14.3 Å². The summed E-state index contributed by atoms with van der Waals surface area (Å²) < 4.78 is 20.0. The number of aliphatic hydroxyl groups is 1. The molecule has 3 rings (SSSR count). The number of nitrogens with zero attached hydrogens (tertiary/aromatic N) is 4. The number of aromatic nitrogens is 3. The topological polar surface area (TPSA) is 80.5 Å². The van der Waals surface area contributed by atoms with E-state index in [0.717, 1.165) is 5.56 Å². The molecule has 128 valence electrons. The molecule has 7 nitrogen and oxygen atoms in total. The van der Waals surface area contributed by atoms with Crippen molar-refractivity contribution in [2.75, 3.05) is 20.3 Å². The number of hydrogen-bond acceptors (Lipinski definition) is 5. The molecule has 24 heavy (non-hydrogen) atoms. The number of rotatable bonds is 5. The lowest BCUT2D eigenvalue weighted by molar-refractivity contribution is 0.0642. The standard InChI is InChI=1S/C16H19FN4O3/c1-24-14-6-13(10-22)21(8-14)16(23)15-9-20(19-18-15)7-11-3-2-4-12(17)5-11/h2-5,9,13-14,22H,6-8,10H2,1H3/t13-,14-/m0/s1. The lowest BCUT2D eigenvalue weighted by atomic mass is 10.2. The second-order valence-corrected chi connectivity index (χ2v) is 5.82. The van der Waals surface area contributed by atoms with Crippen LogP contribution in [0.4, 0.5) is 4.39 Å². The Hall–Kier alpha value is -2.32. The molecule has 0 saturated carbocycles. The number of likely N-dealkylation sites (tertiary alicyclic amines) is 1. The van der Waals surface area contributed by atoms with Gasteiger partial charge in [0.2, 0.25) is 0 Å². The normalized spacial score (nSPS) is 20.5. The van der Waals surface area contributed by atoms with Crippen LogP contribution < -0.4 is 0 Å². The number of methoxy groups -OCH3 is 1. The van der Waals surface area contributed by atoms with Crippen molar-refractivity contribution in [3.8, 4) is 0 Å². The van der Waals surface area contributed by atoms with Crippen molar-refractivity contribution in [3.63, 3.8) is 0 Å². The summed E-state index contributed by atoms with van der Waals surface area (Å²) in [4.78, 5) is 14.1. The van der Waals surface area contributed by atoms with E-state index in [4.69, 9.17) is 4.74 Å². The fourth-order valence-corrected chi connectivity index (χ4v) is 2.91. The van der Waals surface area contributed by atoms with Crippen LogP contribution in [-0.4, -0.2) is 63.3 Å². The van der Waals surface area contributed by atoms with Crippen LogP contribution in [0.3, 0.4) is 0 Å². The predicted octanol–water partition coefficient (Wildman–Crippen LogP) is 0.687. The number of carbonyl (C=O) groups is 1. The molecule has 2 atom stereocenters. The van der Waals surface area contributed by atoms with Gasteiger partial charge in [-0.15, -0.1) is 5.10 Å². The summed E-state index contributed by atoms with van der Waals surface area (Å²) in [6.45, 7) is 0.614. The molecular weight excluding hydrogens is 315 g/mol. The first kappa shape index (κ1) is 16.5. The van der Waals surface area contributed by atoms with Gasteiger partial charge < -0.3 is 14.7 Å². The molecule has 1 amide bonds. The lowest BCUT2D eigenvalue weighted by Gasteiger charge is -2.21. The van der Waals surface area contributed by atoms with E-state index in [1.165, 1.54) is 23.0 Å². The average Bonchev–Trinajstić information content (AvgIpc) is 3.20. The van der Waals surface area contributed by atoms with Crippen LogP contribution in [0.1, 0.15) is 22.5 Å². The Balaban J connectivity index is 1.71. The van der Waals surface area contributed by atoms with Gasteiger partial charge in [0, 0.05) is 13.7 Å². The fourth-order valence-electron chi connectivity index (χ4n) is 2.91. The molecule has 1 aromatic carbocycles. The minimum atomic E-state index is -0.322. The number of aliphatic hydroxyl groups excluding tert-OH is 1. The Morgan fingerprint density at radius 2 is 2.33 bits per heavy atom. The number of carbonyl (C=O) groups excluding carboxylic acids is 1. The minimum Gasteiger partial charge on any atom is -0.394 e. The van der Waals surface area contributed by atoms with Gasteiger partial charge in [0.1, 0.15) is 5.82 Å². The van der Waals surface area contributed by atoms with Gasteiger partial charge in [0.15, 0.2) is 5.69 Å². The monoisotopic (exact) mass is 334 g/mol. The van der Waals surface area contributed by atoms with E-state index in [1.807, 2.05) is 0 Å². The number of hydrogen-bond donors (Lipinski definition) is 1. The van der Waals surface area contributed by atoms with Crippen molar-refractivity contribution in [1.29, 1.82) is 0 Å². The molecule has 1 aliphatic heterocycles. The Kier molecular flexibility index (Phi) is 4.86. The zero-order valence-corrected chi connectivity index (χ0v) is 13.3. The summed E-state index contributed by atoms with van der Waals surface area (Å²) in [5, 5.41) is 17.3. The third-order valence-corrected chi connectivity index (χ3v) is 4.17. The molecule has 0 spiro atoms. The van der Waals surface area contributed by atoms with E-state index in [1.54, 1.807) is 24.1 Å². The molecule has 2 heterocycles. The number of halogens is 1. The van der Waals surface area contributed by atoms with Gasteiger partial charge in [-0.2, -0.15) is 0 Å². The first-order chi connectivity index (χ1) is 11.6. The molecule has 1 aromatic heterocycles. The fraction of sp³-hybridized carbons (Fsp3) is 0.438. The maximum atomic E-state index is 13.2. The lowest BCUT2D eigenvalue weighted by Crippen LogP contribution is -2.38. The van der Waals surface area contributed by atoms with Crippen LogP contribution in [0.5, 0.6) is 0 Å². The second kappa shape index (κ2) is 7.06. The molecule has 1 saturated heterocycles. The zero-order valence-electron chi connectivity index (χ0n) is 13.3. The highest BCUT2D eigenvalue weighted by Crippen LogP contribution is 2.21. The van der Waals surface area contributed by atoms with E-state index < -0.39 is 0 Å². The molecule has 0 bridgehead atoms. The third kappa shape index (κ3) is 3.44. The molecule has 1 N–H and O–H groups in total. The summed E-state index contributed by atoms with van der Waals surface area (Å²) in [6, 6.07) is 5.89. The number of ether oxygens (including phenoxy) is 1. The molecule has 0 radical (unpaired) electrons. The molecule has 1 aliphatic rings. The minimum absolute atomic E-state index is 0.0894. The van der Waals surface area contributed by atoms with Crippen molar-refractivity contribution in [3.05, 3.63) is 47.5 Å². The smallest absolute Gasteiger partial charge is 0.276 e. The highest BCUT2D eigenvalue weighted by atomic mass is 19.1. The predicted molar refractivity (Wildman–Crippen MR) is 82.8 cm³/mol. The SMILES string of the molecule is CO[C@H]1C[C@@H](CO)N(C(=O)c2cn(Cc3cccc(F)c3)nn2)C1. The van der Waals surface area contributed by atoms with Crippen molar-refractivity contribution >= 4 is 5.91 Å². The van der Waals surface area contributed by atoms with Crippen molar-refractivity contribution in [2.45, 2.75) is 25.1 Å². The van der Waals surface area contributed by atoms with Crippen LogP contribution in [0.15, 0.2) is 30.5 Å². The van der Waals surface area contributed by atoms with E-state index in [-0.39, 0.29) is 36.2 Å². The highest BCUT2D eigenvalue weighted by Gasteiger charge is 2.36. The van der Waals surface area contributed by atoms with Gasteiger partial charge >= 0.3 is 0 Å². The third-order valence-electron chi connectivity index (χ3n) is 4.17. The van der Waals surface area contributed by atoms with E-state index in [2.05, 4.69) is 10.3 Å². The first-order valence-electron chi connectivity index (χ1n) is 7.70. The van der Waals surface area contributed by atoms with Crippen LogP contribution >= 0.6 is 0 Å². The van der Waals surface area contributed by atoms with Gasteiger partial charge in [-0.25, -0.2) is 9.07 Å². The first-order valence-corrected chi connectivity index (χ1v) is 7.70. The Morgan fingerprint density at radius 1 is 1.50 bits per heavy atom. The number of benzene rings is 1. The molecule has 1 fully saturated rings. The van der Waals surface area contributed by atoms with Crippen LogP contribution in [0.2, 0.25) is 0 Å². The Bertz CT molecular complexity index is 721. The van der Waals surface area contributed by atoms with Crippen LogP contribution in [0, 0.1) is 5.82 Å². The summed E-state index contributed by atoms with van der Waals surface area (Å²) in [6.07, 6.45) is 2.03. The van der Waals surface area contributed by atoms with E-state index >= 15 is 0 Å². The maximum absolute atomic E-state index is 13.2. The average molecular weight is 334 g/mol. The summed E-state index contributed by atoms with van der Waals surface area (Å²) in [5.74, 6) is -0.614. The summed E-state index contributed by atoms with van der Waals surface area (Å²) >= 11 is 0. The number of amides is 1. The van der Waals surface area contributed by atoms with Crippen molar-refractivity contribution in [1.82, 2.24) is 19.9 Å². The Morgan fingerprint density at radius 3 is 3.04 bits per heavy atom. The van der Waals surface area contributed by atoms with Crippen LogP contribution in [0.25, 0.3) is 0 Å². The molecule has 2 aromatic rings. The van der Waals surface area contributed by atoms with Crippen LogP contribution in [-0.2, 0) is 11.3 Å². The van der Waals surface area contributed by atoms with Crippen molar-refractivity contribution in [2.24, 2.45) is 0 Å². The second-order valence-electron chi connectivity index (χ2n) is 5.82. The summed E-state index contributed by atoms with van der Waals surface area (Å²) in [7, 11) is 1.59. The van der Waals surface area contributed by atoms with Gasteiger partial charge in [0.05, 0.1) is 31.5 Å². The summed E-state index contributed by atoms with van der Waals surface area (Å²) in [5.41, 5.74) is 0.925. The quantitative estimate of drug-likeness (QED) is 0.870. The van der Waals surface area contributed by atoms with E-state index in [0.29, 0.717) is 19.5 Å². The highest BCUT2D eigenvalue weighted by molar-refractivity contribution is 5.92. The van der Waals surface area contributed by atoms with Gasteiger partial charge in [-0.3, -0.25) is 4.79 Å². The van der Waals surface area contributed by atoms with Crippen molar-refractivity contribution < 1.29 is 19.0 Å². The largest absolute Gasteiger partial charge is 0.394 e. The molecule has 8 heteroatoms. The molecule has 0 aliphatic carbocycles. The molecular formula is C16H19FN4O3. The maximum Gasteiger partial charge on any atom is 0.276 e. The van der Waals surface area contributed by atoms with Gasteiger partial charge in [-0.1, -0.05) is 17.3 Å². The zero-order chi connectivity index (χ0) is 17.1. The van der Waals surface area contributed by atoms with Gasteiger partial charge in [0.25, 0.3) is 5.91 Å². The molecule has 0 unspecified atom stereocenters. The van der Waals surface area contributed by atoms with Gasteiger partial charge in [-0.05, 0) is 24.1 Å².